The molecule has 0 saturated heterocycles. The number of fused-ring (bicyclic) bond motifs is 1. The normalized spacial score (nSPS) is 48.5. The van der Waals surface area contributed by atoms with Crippen molar-refractivity contribution >= 4 is 0 Å². The van der Waals surface area contributed by atoms with Gasteiger partial charge in [-0.25, -0.2) is 0 Å². The summed E-state index contributed by atoms with van der Waals surface area (Å²) in [4.78, 5) is 0. The molecule has 0 aromatic rings. The Kier molecular flexibility index (Phi) is 4.38. The molecule has 3 rings (SSSR count). The van der Waals surface area contributed by atoms with Gasteiger partial charge in [-0.2, -0.15) is 0 Å². The van der Waals surface area contributed by atoms with Crippen LogP contribution in [-0.2, 0) is 0 Å². The first-order chi connectivity index (χ1) is 9.74. The zero-order chi connectivity index (χ0) is 14.1. The van der Waals surface area contributed by atoms with Crippen LogP contribution in [0.4, 0.5) is 0 Å². The predicted octanol–water partition coefficient (Wildman–Crippen LogP) is 5.85. The topological polar surface area (TPSA) is 0 Å². The van der Waals surface area contributed by atoms with Gasteiger partial charge in [-0.3, -0.25) is 0 Å². The van der Waals surface area contributed by atoms with Crippen molar-refractivity contribution in [2.24, 2.45) is 41.4 Å². The third kappa shape index (κ3) is 2.51. The van der Waals surface area contributed by atoms with Gasteiger partial charge in [0, 0.05) is 0 Å². The number of hydrogen-bond acceptors (Lipinski definition) is 0. The standard InChI is InChI=1S/C20H32/c1-4-15-8-6-7-9-20-18(15)10-11-19(20)17-12-14(3)16(5-2)13-17/h4-5,14-20H,1-2,6-13H2,3H3/t14?,15?,16?,17?,18-,19?,20?/m1/s1. The van der Waals surface area contributed by atoms with Crippen molar-refractivity contribution in [2.75, 3.05) is 0 Å². The average Bonchev–Trinajstić information content (AvgIpc) is 2.96. The zero-order valence-electron chi connectivity index (χ0n) is 13.3. The van der Waals surface area contributed by atoms with Crippen LogP contribution in [0.5, 0.6) is 0 Å². The monoisotopic (exact) mass is 272 g/mol. The molecule has 3 saturated carbocycles. The molecule has 0 spiro atoms. The first-order valence-corrected chi connectivity index (χ1v) is 8.99. The predicted molar refractivity (Wildman–Crippen MR) is 87.4 cm³/mol. The van der Waals surface area contributed by atoms with Gasteiger partial charge in [0.2, 0.25) is 0 Å². The lowest BCUT2D eigenvalue weighted by atomic mass is 9.75. The van der Waals surface area contributed by atoms with Gasteiger partial charge in [-0.05, 0) is 80.0 Å². The molecule has 7 atom stereocenters. The molecule has 0 heterocycles. The molecular formula is C20H32. The Labute approximate surface area is 125 Å². The van der Waals surface area contributed by atoms with Crippen molar-refractivity contribution in [1.29, 1.82) is 0 Å². The molecule has 0 N–H and O–H groups in total. The van der Waals surface area contributed by atoms with Crippen LogP contribution in [0.2, 0.25) is 0 Å². The van der Waals surface area contributed by atoms with Crippen LogP contribution in [0.25, 0.3) is 0 Å². The summed E-state index contributed by atoms with van der Waals surface area (Å²) in [5.41, 5.74) is 0. The van der Waals surface area contributed by atoms with Crippen LogP contribution < -0.4 is 0 Å². The Morgan fingerprint density at radius 3 is 2.15 bits per heavy atom. The second-order valence-corrected chi connectivity index (χ2v) is 7.86. The third-order valence-electron chi connectivity index (χ3n) is 7.00. The van der Waals surface area contributed by atoms with Crippen LogP contribution in [0.3, 0.4) is 0 Å². The van der Waals surface area contributed by atoms with Gasteiger partial charge in [0.1, 0.15) is 0 Å². The van der Waals surface area contributed by atoms with E-state index in [1.54, 1.807) is 0 Å². The summed E-state index contributed by atoms with van der Waals surface area (Å²) in [5.74, 6) is 6.48. The molecule has 0 amide bonds. The summed E-state index contributed by atoms with van der Waals surface area (Å²) >= 11 is 0. The van der Waals surface area contributed by atoms with Crippen LogP contribution in [0, 0.1) is 41.4 Å². The second kappa shape index (κ2) is 6.08. The first kappa shape index (κ1) is 14.4. The largest absolute Gasteiger partial charge is 0.103 e. The molecule has 0 aromatic heterocycles. The summed E-state index contributed by atoms with van der Waals surface area (Å²) in [6.45, 7) is 10.6. The number of rotatable bonds is 3. The van der Waals surface area contributed by atoms with Crippen molar-refractivity contribution in [1.82, 2.24) is 0 Å². The molecule has 0 aliphatic heterocycles. The van der Waals surface area contributed by atoms with E-state index >= 15 is 0 Å². The van der Waals surface area contributed by atoms with E-state index < -0.39 is 0 Å². The van der Waals surface area contributed by atoms with E-state index in [2.05, 4.69) is 32.2 Å². The van der Waals surface area contributed by atoms with Crippen molar-refractivity contribution in [2.45, 2.75) is 58.3 Å². The lowest BCUT2D eigenvalue weighted by Gasteiger charge is -2.30. The molecule has 6 unspecified atom stereocenters. The molecule has 0 nitrogen and oxygen atoms in total. The fraction of sp³-hybridized carbons (Fsp3) is 0.800. The van der Waals surface area contributed by atoms with Gasteiger partial charge in [-0.15, -0.1) is 13.2 Å². The van der Waals surface area contributed by atoms with Gasteiger partial charge in [0.05, 0.1) is 0 Å². The molecule has 112 valence electrons. The highest BCUT2D eigenvalue weighted by Gasteiger charge is 2.45. The average molecular weight is 272 g/mol. The Balaban J connectivity index is 1.72. The second-order valence-electron chi connectivity index (χ2n) is 7.86. The molecule has 20 heavy (non-hydrogen) atoms. The Morgan fingerprint density at radius 2 is 1.45 bits per heavy atom. The molecule has 3 aliphatic carbocycles. The van der Waals surface area contributed by atoms with Gasteiger partial charge in [0.15, 0.2) is 0 Å². The van der Waals surface area contributed by atoms with Crippen molar-refractivity contribution in [3.63, 3.8) is 0 Å². The van der Waals surface area contributed by atoms with Crippen LogP contribution in [0.1, 0.15) is 58.3 Å². The fourth-order valence-electron chi connectivity index (χ4n) is 5.95. The molecule has 0 heteroatoms. The SMILES string of the molecule is C=CC1CC(C2CC[C@@H]3C(C=C)CCCCC23)CC1C. The smallest absolute Gasteiger partial charge is 0.0205 e. The number of allylic oxidation sites excluding steroid dienone is 2. The highest BCUT2D eigenvalue weighted by Crippen LogP contribution is 2.54. The number of hydrogen-bond donors (Lipinski definition) is 0. The summed E-state index contributed by atoms with van der Waals surface area (Å²) in [6.07, 6.45) is 16.2. The Hall–Kier alpha value is -0.520. The Bertz CT molecular complexity index is 355. The van der Waals surface area contributed by atoms with Gasteiger partial charge >= 0.3 is 0 Å². The van der Waals surface area contributed by atoms with Crippen molar-refractivity contribution in [3.8, 4) is 0 Å². The van der Waals surface area contributed by atoms with E-state index in [0.717, 1.165) is 41.4 Å². The lowest BCUT2D eigenvalue weighted by Crippen LogP contribution is -2.23. The molecule has 3 aliphatic rings. The van der Waals surface area contributed by atoms with E-state index in [4.69, 9.17) is 0 Å². The lowest BCUT2D eigenvalue weighted by molar-refractivity contribution is 0.199. The van der Waals surface area contributed by atoms with E-state index in [1.807, 2.05) is 0 Å². The van der Waals surface area contributed by atoms with Gasteiger partial charge in [0.25, 0.3) is 0 Å². The molecule has 0 radical (unpaired) electrons. The summed E-state index contributed by atoms with van der Waals surface area (Å²) in [5, 5.41) is 0. The molecule has 0 bridgehead atoms. The maximum absolute atomic E-state index is 4.13. The van der Waals surface area contributed by atoms with Crippen LogP contribution in [0.15, 0.2) is 25.3 Å². The minimum Gasteiger partial charge on any atom is -0.103 e. The van der Waals surface area contributed by atoms with E-state index in [9.17, 15) is 0 Å². The van der Waals surface area contributed by atoms with Crippen molar-refractivity contribution in [3.05, 3.63) is 25.3 Å². The minimum absolute atomic E-state index is 0.792. The highest BCUT2D eigenvalue weighted by molar-refractivity contribution is 5.01. The minimum atomic E-state index is 0.792. The first-order valence-electron chi connectivity index (χ1n) is 8.99. The van der Waals surface area contributed by atoms with Crippen LogP contribution in [-0.4, -0.2) is 0 Å². The molecular weight excluding hydrogens is 240 g/mol. The van der Waals surface area contributed by atoms with Gasteiger partial charge in [-0.1, -0.05) is 31.9 Å². The maximum atomic E-state index is 4.13. The van der Waals surface area contributed by atoms with Crippen LogP contribution >= 0.6 is 0 Å². The van der Waals surface area contributed by atoms with Gasteiger partial charge < -0.3 is 0 Å². The quantitative estimate of drug-likeness (QED) is 0.565. The molecule has 0 aromatic carbocycles. The summed E-state index contributed by atoms with van der Waals surface area (Å²) < 4.78 is 0. The Morgan fingerprint density at radius 1 is 0.750 bits per heavy atom. The third-order valence-corrected chi connectivity index (χ3v) is 7.00. The highest BCUT2D eigenvalue weighted by atomic mass is 14.5. The zero-order valence-corrected chi connectivity index (χ0v) is 13.3. The fourth-order valence-corrected chi connectivity index (χ4v) is 5.95. The van der Waals surface area contributed by atoms with Crippen molar-refractivity contribution < 1.29 is 0 Å². The van der Waals surface area contributed by atoms with E-state index in [1.165, 1.54) is 51.4 Å². The summed E-state index contributed by atoms with van der Waals surface area (Å²) in [6, 6.07) is 0. The maximum Gasteiger partial charge on any atom is -0.0205 e. The van der Waals surface area contributed by atoms with E-state index in [-0.39, 0.29) is 0 Å². The molecule has 3 fully saturated rings. The summed E-state index contributed by atoms with van der Waals surface area (Å²) in [7, 11) is 0. The van der Waals surface area contributed by atoms with E-state index in [0.29, 0.717) is 0 Å².